The van der Waals surface area contributed by atoms with E-state index in [0.717, 1.165) is 31.5 Å². The number of aromatic nitrogens is 1. The fourth-order valence-corrected chi connectivity index (χ4v) is 2.10. The molecule has 0 aliphatic carbocycles. The lowest BCUT2D eigenvalue weighted by Gasteiger charge is -2.32. The lowest BCUT2D eigenvalue weighted by molar-refractivity contribution is -0.131. The monoisotopic (exact) mass is 233 g/mol. The third-order valence-electron chi connectivity index (χ3n) is 3.46. The summed E-state index contributed by atoms with van der Waals surface area (Å²) in [4.78, 5) is 16.1. The molecule has 2 N–H and O–H groups in total. The number of carbonyl (C=O) groups is 1. The highest BCUT2D eigenvalue weighted by molar-refractivity contribution is 5.82. The van der Waals surface area contributed by atoms with E-state index in [9.17, 15) is 4.79 Å². The highest BCUT2D eigenvalue weighted by Crippen LogP contribution is 2.27. The number of hydrogen-bond donors (Lipinski definition) is 2. The molecule has 1 amide bonds. The Labute approximate surface area is 102 Å². The van der Waals surface area contributed by atoms with Crippen LogP contribution in [0.25, 0.3) is 0 Å². The summed E-state index contributed by atoms with van der Waals surface area (Å²) in [5.41, 5.74) is 0.879. The first-order chi connectivity index (χ1) is 8.21. The minimum atomic E-state index is -0.210. The Morgan fingerprint density at radius 1 is 1.41 bits per heavy atom. The maximum absolute atomic E-state index is 12.1. The molecule has 1 aliphatic heterocycles. The number of nitrogens with zero attached hydrogens (tertiary/aromatic N) is 1. The molecule has 2 rings (SSSR count). The van der Waals surface area contributed by atoms with Crippen molar-refractivity contribution in [3.8, 4) is 0 Å². The molecule has 0 bridgehead atoms. The molecule has 0 radical (unpaired) electrons. The van der Waals surface area contributed by atoms with Gasteiger partial charge < -0.3 is 10.6 Å². The topological polar surface area (TPSA) is 54.0 Å². The molecule has 1 aromatic heterocycles. The van der Waals surface area contributed by atoms with Gasteiger partial charge in [-0.2, -0.15) is 0 Å². The second kappa shape index (κ2) is 5.27. The summed E-state index contributed by atoms with van der Waals surface area (Å²) in [6.07, 6.45) is 5.31. The van der Waals surface area contributed by atoms with Crippen LogP contribution in [0.1, 0.15) is 25.3 Å². The van der Waals surface area contributed by atoms with E-state index < -0.39 is 0 Å². The number of carbonyl (C=O) groups excluding carboxylic acids is 1. The lowest BCUT2D eigenvalue weighted by atomic mass is 9.80. The first kappa shape index (κ1) is 12.0. The molecule has 1 aromatic rings. The Balaban J connectivity index is 1.88. The van der Waals surface area contributed by atoms with Gasteiger partial charge in [0.25, 0.3) is 0 Å². The van der Waals surface area contributed by atoms with Gasteiger partial charge in [0, 0.05) is 24.4 Å². The van der Waals surface area contributed by atoms with Gasteiger partial charge in [0.2, 0.25) is 5.91 Å². The first-order valence-electron chi connectivity index (χ1n) is 6.09. The van der Waals surface area contributed by atoms with Gasteiger partial charge >= 0.3 is 0 Å². The molecule has 4 nitrogen and oxygen atoms in total. The van der Waals surface area contributed by atoms with E-state index in [-0.39, 0.29) is 11.3 Å². The second-order valence-electron chi connectivity index (χ2n) is 4.85. The quantitative estimate of drug-likeness (QED) is 0.821. The lowest BCUT2D eigenvalue weighted by Crippen LogP contribution is -2.45. The summed E-state index contributed by atoms with van der Waals surface area (Å²) < 4.78 is 0. The Hall–Kier alpha value is -1.42. The van der Waals surface area contributed by atoms with Gasteiger partial charge in [-0.15, -0.1) is 0 Å². The molecule has 92 valence electrons. The molecule has 2 heterocycles. The molecule has 1 aliphatic rings. The van der Waals surface area contributed by atoms with Crippen molar-refractivity contribution in [2.75, 3.05) is 13.1 Å². The van der Waals surface area contributed by atoms with E-state index in [1.54, 1.807) is 12.4 Å². The SMILES string of the molecule is CC1(C(=O)NCc2ccncc2)CCNCC1. The van der Waals surface area contributed by atoms with Crippen LogP contribution in [-0.2, 0) is 11.3 Å². The number of amides is 1. The number of hydrogen-bond acceptors (Lipinski definition) is 3. The van der Waals surface area contributed by atoms with Gasteiger partial charge in [-0.3, -0.25) is 9.78 Å². The minimum absolute atomic E-state index is 0.163. The molecule has 17 heavy (non-hydrogen) atoms. The number of nitrogens with one attached hydrogen (secondary N) is 2. The van der Waals surface area contributed by atoms with Gasteiger partial charge in [0.05, 0.1) is 0 Å². The maximum atomic E-state index is 12.1. The Morgan fingerprint density at radius 2 is 2.06 bits per heavy atom. The minimum Gasteiger partial charge on any atom is -0.352 e. The summed E-state index contributed by atoms with van der Waals surface area (Å²) in [5, 5.41) is 6.29. The molecule has 0 atom stereocenters. The highest BCUT2D eigenvalue weighted by Gasteiger charge is 2.34. The van der Waals surface area contributed by atoms with Crippen LogP contribution in [0.2, 0.25) is 0 Å². The van der Waals surface area contributed by atoms with Crippen LogP contribution < -0.4 is 10.6 Å². The fourth-order valence-electron chi connectivity index (χ4n) is 2.10. The Morgan fingerprint density at radius 3 is 2.71 bits per heavy atom. The summed E-state index contributed by atoms with van der Waals surface area (Å²) in [6.45, 7) is 4.50. The van der Waals surface area contributed by atoms with Crippen molar-refractivity contribution in [2.24, 2.45) is 5.41 Å². The maximum Gasteiger partial charge on any atom is 0.226 e. The van der Waals surface area contributed by atoms with E-state index in [2.05, 4.69) is 22.5 Å². The molecule has 4 heteroatoms. The fraction of sp³-hybridized carbons (Fsp3) is 0.538. The first-order valence-corrected chi connectivity index (χ1v) is 6.09. The van der Waals surface area contributed by atoms with E-state index in [0.29, 0.717) is 6.54 Å². The summed E-state index contributed by atoms with van der Waals surface area (Å²) >= 11 is 0. The van der Waals surface area contributed by atoms with Crippen LogP contribution in [0.5, 0.6) is 0 Å². The zero-order valence-electron chi connectivity index (χ0n) is 10.2. The molecule has 0 aromatic carbocycles. The van der Waals surface area contributed by atoms with Gasteiger partial charge in [-0.25, -0.2) is 0 Å². The van der Waals surface area contributed by atoms with E-state index in [1.807, 2.05) is 12.1 Å². The predicted molar refractivity (Wildman–Crippen MR) is 66.3 cm³/mol. The number of piperidine rings is 1. The van der Waals surface area contributed by atoms with Crippen molar-refractivity contribution in [1.29, 1.82) is 0 Å². The third kappa shape index (κ3) is 3.03. The van der Waals surface area contributed by atoms with E-state index in [1.165, 1.54) is 0 Å². The van der Waals surface area contributed by atoms with Crippen LogP contribution in [-0.4, -0.2) is 24.0 Å². The molecule has 0 spiro atoms. The number of rotatable bonds is 3. The average molecular weight is 233 g/mol. The zero-order chi connectivity index (χ0) is 12.1. The van der Waals surface area contributed by atoms with Crippen LogP contribution in [0, 0.1) is 5.41 Å². The molecule has 0 unspecified atom stereocenters. The largest absolute Gasteiger partial charge is 0.352 e. The summed E-state index contributed by atoms with van der Waals surface area (Å²) in [7, 11) is 0. The molecular formula is C13H19N3O. The van der Waals surface area contributed by atoms with E-state index in [4.69, 9.17) is 0 Å². The summed E-state index contributed by atoms with van der Waals surface area (Å²) in [6, 6.07) is 3.84. The van der Waals surface area contributed by atoms with Gasteiger partial charge in [0.15, 0.2) is 0 Å². The average Bonchev–Trinajstić information content (AvgIpc) is 2.38. The smallest absolute Gasteiger partial charge is 0.226 e. The van der Waals surface area contributed by atoms with Crippen LogP contribution in [0.15, 0.2) is 24.5 Å². The van der Waals surface area contributed by atoms with Crippen LogP contribution >= 0.6 is 0 Å². The normalized spacial score (nSPS) is 18.6. The van der Waals surface area contributed by atoms with Gasteiger partial charge in [-0.1, -0.05) is 6.92 Å². The Kier molecular flexibility index (Phi) is 3.74. The number of pyridine rings is 1. The summed E-state index contributed by atoms with van der Waals surface area (Å²) in [5.74, 6) is 0.163. The van der Waals surface area contributed by atoms with Gasteiger partial charge in [0.1, 0.15) is 0 Å². The third-order valence-corrected chi connectivity index (χ3v) is 3.46. The second-order valence-corrected chi connectivity index (χ2v) is 4.85. The van der Waals surface area contributed by atoms with Gasteiger partial charge in [-0.05, 0) is 43.6 Å². The van der Waals surface area contributed by atoms with Crippen molar-refractivity contribution in [3.63, 3.8) is 0 Å². The molecular weight excluding hydrogens is 214 g/mol. The highest BCUT2D eigenvalue weighted by atomic mass is 16.2. The van der Waals surface area contributed by atoms with Crippen molar-refractivity contribution in [3.05, 3.63) is 30.1 Å². The predicted octanol–water partition coefficient (Wildman–Crippen LogP) is 1.09. The van der Waals surface area contributed by atoms with Crippen molar-refractivity contribution in [2.45, 2.75) is 26.3 Å². The molecule has 0 saturated carbocycles. The van der Waals surface area contributed by atoms with Crippen LogP contribution in [0.4, 0.5) is 0 Å². The molecule has 1 fully saturated rings. The Bertz CT molecular complexity index is 372. The van der Waals surface area contributed by atoms with Crippen molar-refractivity contribution in [1.82, 2.24) is 15.6 Å². The van der Waals surface area contributed by atoms with Crippen LogP contribution in [0.3, 0.4) is 0 Å². The zero-order valence-corrected chi connectivity index (χ0v) is 10.2. The molecule has 1 saturated heterocycles. The van der Waals surface area contributed by atoms with Crippen molar-refractivity contribution >= 4 is 5.91 Å². The van der Waals surface area contributed by atoms with Crippen molar-refractivity contribution < 1.29 is 4.79 Å². The standard InChI is InChI=1S/C13H19N3O/c1-13(4-8-15-9-5-13)12(17)16-10-11-2-6-14-7-3-11/h2-3,6-7,15H,4-5,8-10H2,1H3,(H,16,17). The van der Waals surface area contributed by atoms with E-state index >= 15 is 0 Å².